The number of nitrogens with zero attached hydrogens (tertiary/aromatic N) is 2. The number of hydrogen-bond acceptors (Lipinski definition) is 4. The fourth-order valence-electron chi connectivity index (χ4n) is 2.84. The molecule has 0 spiro atoms. The monoisotopic (exact) mass is 361 g/mol. The lowest BCUT2D eigenvalue weighted by Crippen LogP contribution is -2.32. The molecular formula is C15H21Cl2N3O3. The summed E-state index contributed by atoms with van der Waals surface area (Å²) in [6.45, 7) is 0.251. The first-order valence-electron chi connectivity index (χ1n) is 7.31. The van der Waals surface area contributed by atoms with Crippen LogP contribution in [-0.4, -0.2) is 28.8 Å². The largest absolute Gasteiger partial charge is 0.341 e. The van der Waals surface area contributed by atoms with E-state index in [9.17, 15) is 14.9 Å². The highest BCUT2D eigenvalue weighted by Crippen LogP contribution is 2.28. The second-order valence-corrected chi connectivity index (χ2v) is 6.25. The number of hydrogen-bond donors (Lipinski definition) is 1. The number of benzene rings is 1. The average Bonchev–Trinajstić information content (AvgIpc) is 2.86. The minimum absolute atomic E-state index is 0. The number of amides is 1. The van der Waals surface area contributed by atoms with Crippen LogP contribution in [0.2, 0.25) is 5.02 Å². The predicted octanol–water partition coefficient (Wildman–Crippen LogP) is 3.15. The van der Waals surface area contributed by atoms with Crippen LogP contribution in [-0.2, 0) is 11.3 Å². The smallest absolute Gasteiger partial charge is 0.269 e. The van der Waals surface area contributed by atoms with Crippen LogP contribution in [0.1, 0.15) is 31.2 Å². The molecule has 1 aliphatic rings. The summed E-state index contributed by atoms with van der Waals surface area (Å²) in [7, 11) is 1.68. The molecule has 0 bridgehead atoms. The quantitative estimate of drug-likeness (QED) is 0.644. The molecule has 23 heavy (non-hydrogen) atoms. The Balaban J connectivity index is 0.00000264. The van der Waals surface area contributed by atoms with Gasteiger partial charge in [0.05, 0.1) is 4.92 Å². The van der Waals surface area contributed by atoms with E-state index in [2.05, 4.69) is 0 Å². The van der Waals surface area contributed by atoms with E-state index < -0.39 is 4.92 Å². The lowest BCUT2D eigenvalue weighted by molar-refractivity contribution is -0.384. The molecule has 2 atom stereocenters. The van der Waals surface area contributed by atoms with E-state index in [1.165, 1.54) is 18.2 Å². The van der Waals surface area contributed by atoms with Gasteiger partial charge in [0.25, 0.3) is 5.69 Å². The van der Waals surface area contributed by atoms with Gasteiger partial charge in [0, 0.05) is 43.2 Å². The van der Waals surface area contributed by atoms with Gasteiger partial charge in [-0.2, -0.15) is 0 Å². The highest BCUT2D eigenvalue weighted by molar-refractivity contribution is 6.31. The summed E-state index contributed by atoms with van der Waals surface area (Å²) in [4.78, 5) is 24.2. The summed E-state index contributed by atoms with van der Waals surface area (Å²) < 4.78 is 0. The fourth-order valence-corrected chi connectivity index (χ4v) is 3.02. The van der Waals surface area contributed by atoms with E-state index in [4.69, 9.17) is 17.3 Å². The third-order valence-electron chi connectivity index (χ3n) is 4.23. The average molecular weight is 362 g/mol. The molecule has 1 amide bonds. The Hall–Kier alpha value is -1.37. The van der Waals surface area contributed by atoms with E-state index in [-0.39, 0.29) is 42.5 Å². The summed E-state index contributed by atoms with van der Waals surface area (Å²) in [6.07, 6.45) is 3.44. The van der Waals surface area contributed by atoms with E-state index >= 15 is 0 Å². The highest BCUT2D eigenvalue weighted by atomic mass is 35.5. The maximum atomic E-state index is 12.3. The molecule has 0 radical (unpaired) electrons. The van der Waals surface area contributed by atoms with Gasteiger partial charge >= 0.3 is 0 Å². The van der Waals surface area contributed by atoms with Crippen molar-refractivity contribution in [1.82, 2.24) is 4.90 Å². The van der Waals surface area contributed by atoms with E-state index in [0.717, 1.165) is 19.3 Å². The molecule has 1 saturated carbocycles. The summed E-state index contributed by atoms with van der Waals surface area (Å²) >= 11 is 6.06. The molecule has 0 unspecified atom stereocenters. The lowest BCUT2D eigenvalue weighted by atomic mass is 9.99. The minimum Gasteiger partial charge on any atom is -0.341 e. The normalized spacial score (nSPS) is 20.0. The van der Waals surface area contributed by atoms with Gasteiger partial charge < -0.3 is 10.6 Å². The topological polar surface area (TPSA) is 89.5 Å². The molecule has 0 heterocycles. The fraction of sp³-hybridized carbons (Fsp3) is 0.533. The van der Waals surface area contributed by atoms with Gasteiger partial charge in [-0.05, 0) is 30.4 Å². The number of nitrogens with two attached hydrogens (primary N) is 1. The third-order valence-corrected chi connectivity index (χ3v) is 4.60. The SMILES string of the molecule is CN(Cc1cc([N+](=O)[O-])ccc1Cl)C(=O)C[C@@H]1CCC[C@H]1N.Cl. The third kappa shape index (κ3) is 5.06. The summed E-state index contributed by atoms with van der Waals surface area (Å²) in [5.74, 6) is 0.223. The minimum atomic E-state index is -0.473. The van der Waals surface area contributed by atoms with E-state index in [0.29, 0.717) is 17.0 Å². The Morgan fingerprint density at radius 2 is 2.17 bits per heavy atom. The molecule has 1 fully saturated rings. The highest BCUT2D eigenvalue weighted by Gasteiger charge is 2.27. The first-order valence-corrected chi connectivity index (χ1v) is 7.68. The first-order chi connectivity index (χ1) is 10.4. The molecule has 2 N–H and O–H groups in total. The van der Waals surface area contributed by atoms with Gasteiger partial charge in [-0.15, -0.1) is 12.4 Å². The van der Waals surface area contributed by atoms with Crippen molar-refractivity contribution in [2.45, 2.75) is 38.3 Å². The van der Waals surface area contributed by atoms with Crippen LogP contribution in [0.25, 0.3) is 0 Å². The summed E-state index contributed by atoms with van der Waals surface area (Å²) in [5.41, 5.74) is 6.53. The number of rotatable bonds is 5. The molecule has 1 aromatic rings. The van der Waals surface area contributed by atoms with Crippen molar-refractivity contribution in [1.29, 1.82) is 0 Å². The molecule has 6 nitrogen and oxygen atoms in total. The van der Waals surface area contributed by atoms with Crippen LogP contribution >= 0.6 is 24.0 Å². The summed E-state index contributed by atoms with van der Waals surface area (Å²) in [6, 6.07) is 4.34. The van der Waals surface area contributed by atoms with E-state index in [1.807, 2.05) is 0 Å². The number of carbonyl (C=O) groups is 1. The second-order valence-electron chi connectivity index (χ2n) is 5.84. The van der Waals surface area contributed by atoms with Crippen LogP contribution in [0.15, 0.2) is 18.2 Å². The molecule has 0 aliphatic heterocycles. The molecule has 0 aromatic heterocycles. The first kappa shape index (κ1) is 19.7. The van der Waals surface area contributed by atoms with Gasteiger partial charge in [0.2, 0.25) is 5.91 Å². The predicted molar refractivity (Wildman–Crippen MR) is 91.8 cm³/mol. The van der Waals surface area contributed by atoms with Crippen molar-refractivity contribution in [3.63, 3.8) is 0 Å². The lowest BCUT2D eigenvalue weighted by Gasteiger charge is -2.21. The number of nitro benzene ring substituents is 1. The molecular weight excluding hydrogens is 341 g/mol. The Labute approximate surface area is 146 Å². The van der Waals surface area contributed by atoms with Crippen LogP contribution in [0, 0.1) is 16.0 Å². The van der Waals surface area contributed by atoms with Crippen molar-refractivity contribution >= 4 is 35.6 Å². The number of nitro groups is 1. The second kappa shape index (κ2) is 8.47. The maximum Gasteiger partial charge on any atom is 0.269 e. The molecule has 1 aliphatic carbocycles. The van der Waals surface area contributed by atoms with Crippen molar-refractivity contribution in [3.05, 3.63) is 38.9 Å². The summed E-state index contributed by atoms with van der Waals surface area (Å²) in [5, 5.41) is 11.2. The Bertz CT molecular complexity index is 583. The number of carbonyl (C=O) groups excluding carboxylic acids is 1. The molecule has 128 valence electrons. The zero-order valence-electron chi connectivity index (χ0n) is 12.9. The molecule has 2 rings (SSSR count). The number of halogens is 2. The van der Waals surface area contributed by atoms with Gasteiger partial charge in [-0.25, -0.2) is 0 Å². The molecule has 1 aromatic carbocycles. The van der Waals surface area contributed by atoms with Gasteiger partial charge in [-0.1, -0.05) is 18.0 Å². The van der Waals surface area contributed by atoms with Gasteiger partial charge in [-0.3, -0.25) is 14.9 Å². The Morgan fingerprint density at radius 3 is 2.74 bits per heavy atom. The van der Waals surface area contributed by atoms with Crippen molar-refractivity contribution in [2.24, 2.45) is 11.7 Å². The van der Waals surface area contributed by atoms with Crippen LogP contribution in [0.3, 0.4) is 0 Å². The standard InChI is InChI=1S/C15H20ClN3O3.ClH/c1-18(15(20)8-10-3-2-4-14(10)17)9-11-7-12(19(21)22)5-6-13(11)16;/h5-7,10,14H,2-4,8-9,17H2,1H3;1H/t10-,14+;/m0./s1. The molecule has 8 heteroatoms. The Morgan fingerprint density at radius 1 is 1.48 bits per heavy atom. The zero-order chi connectivity index (χ0) is 16.3. The van der Waals surface area contributed by atoms with Gasteiger partial charge in [0.15, 0.2) is 0 Å². The van der Waals surface area contributed by atoms with Crippen molar-refractivity contribution in [2.75, 3.05) is 7.05 Å². The zero-order valence-corrected chi connectivity index (χ0v) is 14.5. The van der Waals surface area contributed by atoms with Gasteiger partial charge in [0.1, 0.15) is 0 Å². The van der Waals surface area contributed by atoms with Crippen molar-refractivity contribution in [3.8, 4) is 0 Å². The Kier molecular flexibility index (Phi) is 7.25. The van der Waals surface area contributed by atoms with Crippen molar-refractivity contribution < 1.29 is 9.72 Å². The van der Waals surface area contributed by atoms with Crippen LogP contribution in [0.4, 0.5) is 5.69 Å². The van der Waals surface area contributed by atoms with Crippen LogP contribution < -0.4 is 5.73 Å². The molecule has 0 saturated heterocycles. The van der Waals surface area contributed by atoms with Crippen LogP contribution in [0.5, 0.6) is 0 Å². The maximum absolute atomic E-state index is 12.3. The number of non-ortho nitro benzene ring substituents is 1. The van der Waals surface area contributed by atoms with E-state index in [1.54, 1.807) is 11.9 Å².